The third-order valence-corrected chi connectivity index (χ3v) is 4.06. The minimum atomic E-state index is -0.371. The third kappa shape index (κ3) is 5.05. The zero-order chi connectivity index (χ0) is 20.1. The average molecular weight is 396 g/mol. The van der Waals surface area contributed by atoms with Crippen LogP contribution in [0.25, 0.3) is 0 Å². The number of carbonyl (C=O) groups excluding carboxylic acids is 2. The Bertz CT molecular complexity index is 1000. The number of aryl methyl sites for hydroxylation is 1. The second-order valence-electron chi connectivity index (χ2n) is 6.10. The van der Waals surface area contributed by atoms with Crippen LogP contribution in [0.5, 0.6) is 0 Å². The molecular formula is C20H18ClN5O2. The van der Waals surface area contributed by atoms with Crippen molar-refractivity contribution >= 4 is 46.3 Å². The van der Waals surface area contributed by atoms with E-state index in [9.17, 15) is 9.59 Å². The first-order valence-electron chi connectivity index (χ1n) is 8.46. The highest BCUT2D eigenvalue weighted by Gasteiger charge is 2.11. The SMILES string of the molecule is CC(=O)Nc1ccc(Nc2ccc(C(=O)Nc3cc(Cl)ccc3C)nn2)cc1. The van der Waals surface area contributed by atoms with Gasteiger partial charge in [0.1, 0.15) is 0 Å². The van der Waals surface area contributed by atoms with Gasteiger partial charge in [0.05, 0.1) is 0 Å². The number of nitrogens with one attached hydrogen (secondary N) is 3. The van der Waals surface area contributed by atoms with Crippen LogP contribution in [0.1, 0.15) is 23.0 Å². The molecular weight excluding hydrogens is 378 g/mol. The smallest absolute Gasteiger partial charge is 0.276 e. The molecule has 1 heterocycles. The summed E-state index contributed by atoms with van der Waals surface area (Å²) in [6.07, 6.45) is 0. The zero-order valence-corrected chi connectivity index (χ0v) is 16.0. The summed E-state index contributed by atoms with van der Waals surface area (Å²) >= 11 is 5.97. The van der Waals surface area contributed by atoms with Crippen LogP contribution in [0.3, 0.4) is 0 Å². The van der Waals surface area contributed by atoms with Crippen LogP contribution in [-0.2, 0) is 4.79 Å². The highest BCUT2D eigenvalue weighted by Crippen LogP contribution is 2.21. The van der Waals surface area contributed by atoms with Gasteiger partial charge in [-0.25, -0.2) is 0 Å². The van der Waals surface area contributed by atoms with E-state index in [2.05, 4.69) is 26.1 Å². The Labute approximate surface area is 167 Å². The lowest BCUT2D eigenvalue weighted by Crippen LogP contribution is -2.15. The van der Waals surface area contributed by atoms with E-state index in [4.69, 9.17) is 11.6 Å². The normalized spacial score (nSPS) is 10.2. The Hall–Kier alpha value is -3.45. The number of halogens is 1. The lowest BCUT2D eigenvalue weighted by atomic mass is 10.2. The highest BCUT2D eigenvalue weighted by molar-refractivity contribution is 6.31. The summed E-state index contributed by atoms with van der Waals surface area (Å²) in [7, 11) is 0. The maximum Gasteiger partial charge on any atom is 0.276 e. The van der Waals surface area contributed by atoms with E-state index in [1.165, 1.54) is 6.92 Å². The molecule has 0 aliphatic heterocycles. The highest BCUT2D eigenvalue weighted by atomic mass is 35.5. The lowest BCUT2D eigenvalue weighted by molar-refractivity contribution is -0.114. The number of rotatable bonds is 5. The van der Waals surface area contributed by atoms with Gasteiger partial charge in [0, 0.05) is 29.0 Å². The van der Waals surface area contributed by atoms with Crippen molar-refractivity contribution in [3.63, 3.8) is 0 Å². The van der Waals surface area contributed by atoms with Crippen LogP contribution in [0.4, 0.5) is 22.9 Å². The number of benzene rings is 2. The molecule has 142 valence electrons. The number of hydrogen-bond acceptors (Lipinski definition) is 5. The molecule has 0 aliphatic rings. The molecule has 0 radical (unpaired) electrons. The minimum absolute atomic E-state index is 0.131. The molecule has 3 N–H and O–H groups in total. The number of anilines is 4. The van der Waals surface area contributed by atoms with Crippen LogP contribution < -0.4 is 16.0 Å². The molecule has 3 aromatic rings. The van der Waals surface area contributed by atoms with Crippen molar-refractivity contribution in [3.8, 4) is 0 Å². The molecule has 28 heavy (non-hydrogen) atoms. The molecule has 7 nitrogen and oxygen atoms in total. The van der Waals surface area contributed by atoms with Crippen LogP contribution in [0, 0.1) is 6.92 Å². The molecule has 0 atom stereocenters. The van der Waals surface area contributed by atoms with Crippen molar-refractivity contribution in [2.45, 2.75) is 13.8 Å². The van der Waals surface area contributed by atoms with Crippen molar-refractivity contribution in [2.24, 2.45) is 0 Å². The topological polar surface area (TPSA) is 96.0 Å². The Morgan fingerprint density at radius 1 is 0.893 bits per heavy atom. The van der Waals surface area contributed by atoms with Crippen molar-refractivity contribution in [1.82, 2.24) is 10.2 Å². The van der Waals surface area contributed by atoms with Crippen molar-refractivity contribution in [2.75, 3.05) is 16.0 Å². The summed E-state index contributed by atoms with van der Waals surface area (Å²) < 4.78 is 0. The maximum absolute atomic E-state index is 12.4. The predicted octanol–water partition coefficient (Wildman–Crippen LogP) is 4.39. The monoisotopic (exact) mass is 395 g/mol. The van der Waals surface area contributed by atoms with E-state index in [1.807, 2.05) is 13.0 Å². The average Bonchev–Trinajstić information content (AvgIpc) is 2.66. The van der Waals surface area contributed by atoms with Crippen LogP contribution in [0.2, 0.25) is 5.02 Å². The first-order chi connectivity index (χ1) is 13.4. The zero-order valence-electron chi connectivity index (χ0n) is 15.3. The van der Waals surface area contributed by atoms with Crippen LogP contribution in [0.15, 0.2) is 54.6 Å². The lowest BCUT2D eigenvalue weighted by Gasteiger charge is -2.09. The summed E-state index contributed by atoms with van der Waals surface area (Å²) in [6.45, 7) is 3.33. The molecule has 0 fully saturated rings. The fourth-order valence-corrected chi connectivity index (χ4v) is 2.60. The van der Waals surface area contributed by atoms with Crippen LogP contribution >= 0.6 is 11.6 Å². The standard InChI is InChI=1S/C20H18ClN5O2/c1-12-3-4-14(21)11-18(12)24-20(28)17-9-10-19(26-25-17)23-16-7-5-15(6-8-16)22-13(2)27/h3-11H,1-2H3,(H,22,27)(H,23,26)(H,24,28). The first kappa shape index (κ1) is 19.3. The second-order valence-corrected chi connectivity index (χ2v) is 6.54. The predicted molar refractivity (Wildman–Crippen MR) is 110 cm³/mol. The largest absolute Gasteiger partial charge is 0.339 e. The molecule has 0 unspecified atom stereocenters. The molecule has 3 rings (SSSR count). The Balaban J connectivity index is 1.65. The Morgan fingerprint density at radius 3 is 2.25 bits per heavy atom. The van der Waals surface area contributed by atoms with Gasteiger partial charge in [0.2, 0.25) is 5.91 Å². The Morgan fingerprint density at radius 2 is 1.61 bits per heavy atom. The van der Waals surface area contributed by atoms with E-state index in [-0.39, 0.29) is 17.5 Å². The fourth-order valence-electron chi connectivity index (χ4n) is 2.42. The Kier molecular flexibility index (Phi) is 5.86. The van der Waals surface area contributed by atoms with Gasteiger partial charge in [-0.05, 0) is 61.0 Å². The van der Waals surface area contributed by atoms with Gasteiger partial charge in [-0.15, -0.1) is 10.2 Å². The number of aromatic nitrogens is 2. The molecule has 2 amide bonds. The maximum atomic E-state index is 12.4. The van der Waals surface area contributed by atoms with Gasteiger partial charge in [-0.2, -0.15) is 0 Å². The van der Waals surface area contributed by atoms with Crippen LogP contribution in [-0.4, -0.2) is 22.0 Å². The second kappa shape index (κ2) is 8.49. The first-order valence-corrected chi connectivity index (χ1v) is 8.84. The van der Waals surface area contributed by atoms with E-state index < -0.39 is 0 Å². The quantitative estimate of drug-likeness (QED) is 0.595. The number of nitrogens with zero attached hydrogens (tertiary/aromatic N) is 2. The van der Waals surface area contributed by atoms with Crippen molar-refractivity contribution in [1.29, 1.82) is 0 Å². The number of amides is 2. The summed E-state index contributed by atoms with van der Waals surface area (Å²) in [5, 5.41) is 17.1. The van der Waals surface area contributed by atoms with E-state index in [1.54, 1.807) is 48.5 Å². The summed E-state index contributed by atoms with van der Waals surface area (Å²) in [5.74, 6) is -0.0137. The molecule has 0 aliphatic carbocycles. The van der Waals surface area contributed by atoms with Gasteiger partial charge >= 0.3 is 0 Å². The fraction of sp³-hybridized carbons (Fsp3) is 0.100. The minimum Gasteiger partial charge on any atom is -0.339 e. The van der Waals surface area contributed by atoms with Gasteiger partial charge in [0.25, 0.3) is 5.91 Å². The van der Waals surface area contributed by atoms with Gasteiger partial charge in [0.15, 0.2) is 11.5 Å². The molecule has 1 aromatic heterocycles. The number of carbonyl (C=O) groups is 2. The van der Waals surface area contributed by atoms with Gasteiger partial charge < -0.3 is 16.0 Å². The van der Waals surface area contributed by atoms with Crippen molar-refractivity contribution in [3.05, 3.63) is 70.9 Å². The van der Waals surface area contributed by atoms with E-state index in [0.717, 1.165) is 11.3 Å². The number of hydrogen-bond donors (Lipinski definition) is 3. The van der Waals surface area contributed by atoms with Crippen molar-refractivity contribution < 1.29 is 9.59 Å². The van der Waals surface area contributed by atoms with Gasteiger partial charge in [-0.1, -0.05) is 17.7 Å². The van der Waals surface area contributed by atoms with E-state index >= 15 is 0 Å². The third-order valence-electron chi connectivity index (χ3n) is 3.82. The molecule has 0 saturated heterocycles. The summed E-state index contributed by atoms with van der Waals surface area (Å²) in [5.41, 5.74) is 3.18. The molecule has 0 bridgehead atoms. The molecule has 8 heteroatoms. The summed E-state index contributed by atoms with van der Waals surface area (Å²) in [6, 6.07) is 15.7. The molecule has 0 spiro atoms. The molecule has 0 saturated carbocycles. The summed E-state index contributed by atoms with van der Waals surface area (Å²) in [4.78, 5) is 23.4. The van der Waals surface area contributed by atoms with Gasteiger partial charge in [-0.3, -0.25) is 9.59 Å². The van der Waals surface area contributed by atoms with E-state index in [0.29, 0.717) is 22.2 Å². The molecule has 2 aromatic carbocycles.